The van der Waals surface area contributed by atoms with Crippen LogP contribution in [0.1, 0.15) is 28.2 Å². The maximum atomic E-state index is 11.2. The molecule has 0 fully saturated rings. The lowest BCUT2D eigenvalue weighted by Crippen LogP contribution is -2.26. The first kappa shape index (κ1) is 28.8. The summed E-state index contributed by atoms with van der Waals surface area (Å²) in [5.41, 5.74) is 0. The lowest BCUT2D eigenvalue weighted by molar-refractivity contribution is -0.201. The third-order valence-corrected chi connectivity index (χ3v) is 1.20. The predicted molar refractivity (Wildman–Crippen MR) is 78.2 cm³/mol. The van der Waals surface area contributed by atoms with Gasteiger partial charge in [0, 0.05) is 13.0 Å². The molecular weight excluding hydrogens is 321 g/mol. The van der Waals surface area contributed by atoms with Gasteiger partial charge in [-0.25, -0.2) is 4.79 Å². The number of allylic oxidation sites excluding steroid dienone is 1. The quantitative estimate of drug-likeness (QED) is 0.337. The number of hydrogen-bond donors (Lipinski definition) is 0. The van der Waals surface area contributed by atoms with E-state index in [2.05, 4.69) is 16.1 Å². The van der Waals surface area contributed by atoms with E-state index in [-0.39, 0.29) is 13.2 Å². The highest BCUT2D eigenvalue weighted by atomic mass is 19.4. The predicted octanol–water partition coefficient (Wildman–Crippen LogP) is 3.18. The van der Waals surface area contributed by atoms with Crippen molar-refractivity contribution in [2.45, 2.75) is 34.4 Å². The third kappa shape index (κ3) is 32.9. The van der Waals surface area contributed by atoms with Gasteiger partial charge in [0.25, 0.3) is 0 Å². The van der Waals surface area contributed by atoms with E-state index in [1.54, 1.807) is 7.11 Å². The van der Waals surface area contributed by atoms with Crippen molar-refractivity contribution in [3.8, 4) is 0 Å². The van der Waals surface area contributed by atoms with Crippen molar-refractivity contribution in [1.29, 1.82) is 0 Å². The normalized spacial score (nSPS) is 9.00. The number of ketones is 1. The Kier molecular flexibility index (Phi) is 22.2. The number of carbonyl (C=O) groups is 3. The van der Waals surface area contributed by atoms with Crippen LogP contribution in [-0.4, -0.2) is 37.6 Å². The molecule has 0 aliphatic carbocycles. The highest BCUT2D eigenvalue weighted by molar-refractivity contribution is 5.87. The number of rotatable bonds is 4. The zero-order valence-electron chi connectivity index (χ0n) is 12.7. The molecule has 0 heterocycles. The number of carbonyl (C=O) groups excluding carboxylic acids is 3. The molecule has 0 rings (SSSR count). The SMILES string of the molecule is C.C=COC.CC(=O)OC(=O)C(F)(F)F.CCO/C=C/C(C)=O. The zero-order chi connectivity index (χ0) is 18.2. The molecule has 0 radical (unpaired) electrons. The topological polar surface area (TPSA) is 78.9 Å². The number of alkyl halides is 3. The van der Waals surface area contributed by atoms with Crippen LogP contribution in [-0.2, 0) is 28.6 Å². The molecule has 0 atom stereocenters. The molecule has 23 heavy (non-hydrogen) atoms. The molecular formula is C14H23F3O6. The van der Waals surface area contributed by atoms with Gasteiger partial charge in [-0.1, -0.05) is 14.0 Å². The monoisotopic (exact) mass is 344 g/mol. The summed E-state index contributed by atoms with van der Waals surface area (Å²) >= 11 is 0. The van der Waals surface area contributed by atoms with Gasteiger partial charge in [0.1, 0.15) is 0 Å². The Labute approximate surface area is 133 Å². The molecule has 0 aromatic heterocycles. The van der Waals surface area contributed by atoms with E-state index in [4.69, 9.17) is 4.74 Å². The summed E-state index contributed by atoms with van der Waals surface area (Å²) in [7, 11) is 1.56. The second kappa shape index (κ2) is 17.7. The van der Waals surface area contributed by atoms with Gasteiger partial charge < -0.3 is 14.2 Å². The van der Waals surface area contributed by atoms with Gasteiger partial charge in [-0.05, 0) is 13.8 Å². The fourth-order valence-corrected chi connectivity index (χ4v) is 0.429. The van der Waals surface area contributed by atoms with E-state index in [0.717, 1.165) is 0 Å². The molecule has 0 spiro atoms. The first-order valence-electron chi connectivity index (χ1n) is 5.74. The number of methoxy groups -OCH3 is 1. The van der Waals surface area contributed by atoms with Gasteiger partial charge in [-0.15, -0.1) is 0 Å². The average Bonchev–Trinajstić information content (AvgIpc) is 2.38. The van der Waals surface area contributed by atoms with Crippen molar-refractivity contribution in [2.24, 2.45) is 0 Å². The highest BCUT2D eigenvalue weighted by Gasteiger charge is 2.41. The van der Waals surface area contributed by atoms with Gasteiger partial charge in [-0.2, -0.15) is 13.2 Å². The average molecular weight is 344 g/mol. The lowest BCUT2D eigenvalue weighted by Gasteiger charge is -2.01. The van der Waals surface area contributed by atoms with Crippen molar-refractivity contribution < 1.29 is 41.8 Å². The second-order valence-corrected chi connectivity index (χ2v) is 3.15. The summed E-state index contributed by atoms with van der Waals surface area (Å²) in [4.78, 5) is 29.6. The Hall–Kier alpha value is -2.32. The molecule has 0 saturated carbocycles. The van der Waals surface area contributed by atoms with Crippen molar-refractivity contribution in [3.63, 3.8) is 0 Å². The summed E-state index contributed by atoms with van der Waals surface area (Å²) in [5.74, 6) is -3.75. The van der Waals surface area contributed by atoms with E-state index < -0.39 is 18.1 Å². The fraction of sp³-hybridized carbons (Fsp3) is 0.500. The Morgan fingerprint density at radius 1 is 1.17 bits per heavy atom. The first-order valence-corrected chi connectivity index (χ1v) is 5.74. The molecule has 6 nitrogen and oxygen atoms in total. The number of esters is 2. The fourth-order valence-electron chi connectivity index (χ4n) is 0.429. The van der Waals surface area contributed by atoms with Crippen molar-refractivity contribution >= 4 is 17.7 Å². The van der Waals surface area contributed by atoms with Crippen molar-refractivity contribution in [3.05, 3.63) is 25.2 Å². The van der Waals surface area contributed by atoms with Crippen LogP contribution < -0.4 is 0 Å². The summed E-state index contributed by atoms with van der Waals surface area (Å²) in [6.07, 6.45) is -0.919. The van der Waals surface area contributed by atoms with Crippen molar-refractivity contribution in [2.75, 3.05) is 13.7 Å². The Balaban J connectivity index is -0.000000125. The molecule has 136 valence electrons. The van der Waals surface area contributed by atoms with Gasteiger partial charge in [0.05, 0.1) is 26.2 Å². The summed E-state index contributed by atoms with van der Waals surface area (Å²) < 4.78 is 45.8. The van der Waals surface area contributed by atoms with Crippen LogP contribution in [0.2, 0.25) is 0 Å². The number of ether oxygens (including phenoxy) is 3. The van der Waals surface area contributed by atoms with E-state index in [0.29, 0.717) is 13.5 Å². The summed E-state index contributed by atoms with van der Waals surface area (Å²) in [6, 6.07) is 0. The Bertz CT molecular complexity index is 375. The Morgan fingerprint density at radius 3 is 1.78 bits per heavy atom. The van der Waals surface area contributed by atoms with E-state index >= 15 is 0 Å². The van der Waals surface area contributed by atoms with E-state index in [1.165, 1.54) is 25.5 Å². The Morgan fingerprint density at radius 2 is 1.61 bits per heavy atom. The molecule has 0 N–H and O–H groups in total. The summed E-state index contributed by atoms with van der Waals surface area (Å²) in [5, 5.41) is 0. The lowest BCUT2D eigenvalue weighted by atomic mass is 10.4. The maximum absolute atomic E-state index is 11.2. The van der Waals surface area contributed by atoms with Crippen LogP contribution in [0.5, 0.6) is 0 Å². The third-order valence-electron chi connectivity index (χ3n) is 1.20. The van der Waals surface area contributed by atoms with Gasteiger partial charge in [-0.3, -0.25) is 9.59 Å². The molecule has 0 amide bonds. The second-order valence-electron chi connectivity index (χ2n) is 3.15. The molecule has 9 heteroatoms. The van der Waals surface area contributed by atoms with Crippen molar-refractivity contribution in [1.82, 2.24) is 0 Å². The summed E-state index contributed by atoms with van der Waals surface area (Å²) in [6.45, 7) is 7.93. The molecule has 0 aromatic carbocycles. The molecule has 0 aromatic rings. The van der Waals surface area contributed by atoms with Crippen LogP contribution >= 0.6 is 0 Å². The molecule has 0 aliphatic heterocycles. The molecule has 0 unspecified atom stereocenters. The smallest absolute Gasteiger partial charge is 0.491 e. The minimum Gasteiger partial charge on any atom is -0.505 e. The van der Waals surface area contributed by atoms with Gasteiger partial charge >= 0.3 is 18.1 Å². The number of halogens is 3. The molecule has 0 aliphatic rings. The van der Waals surface area contributed by atoms with E-state index in [9.17, 15) is 27.6 Å². The first-order chi connectivity index (χ1) is 10.0. The van der Waals surface area contributed by atoms with Crippen LogP contribution in [0, 0.1) is 0 Å². The van der Waals surface area contributed by atoms with E-state index in [1.807, 2.05) is 6.92 Å². The molecule has 0 saturated heterocycles. The minimum atomic E-state index is -5.09. The van der Waals surface area contributed by atoms with Crippen LogP contribution in [0.3, 0.4) is 0 Å². The van der Waals surface area contributed by atoms with Crippen LogP contribution in [0.4, 0.5) is 13.2 Å². The maximum Gasteiger partial charge on any atom is 0.491 e. The van der Waals surface area contributed by atoms with Crippen LogP contribution in [0.25, 0.3) is 0 Å². The van der Waals surface area contributed by atoms with Crippen LogP contribution in [0.15, 0.2) is 25.2 Å². The van der Waals surface area contributed by atoms with Gasteiger partial charge in [0.15, 0.2) is 5.78 Å². The number of hydrogen-bond acceptors (Lipinski definition) is 6. The zero-order valence-corrected chi connectivity index (χ0v) is 12.7. The highest BCUT2D eigenvalue weighted by Crippen LogP contribution is 2.16. The molecule has 0 bridgehead atoms. The standard InChI is InChI=1S/C6H10O2.C4H3F3O3.C3H6O.CH4/c1-3-8-5-4-6(2)7;1-2(8)10-3(9)4(5,6)7;1-3-4-2;/h4-5H,3H2,1-2H3;1H3;3H,1H2,2H3;1H4/b5-4+;;;. The minimum absolute atomic E-state index is 0. The largest absolute Gasteiger partial charge is 0.505 e. The van der Waals surface area contributed by atoms with Gasteiger partial charge in [0.2, 0.25) is 0 Å².